The molecule has 0 heterocycles. The minimum absolute atomic E-state index is 0.0616. The van der Waals surface area contributed by atoms with Crippen molar-refractivity contribution in [2.75, 3.05) is 13.2 Å². The van der Waals surface area contributed by atoms with Crippen molar-refractivity contribution in [1.29, 1.82) is 0 Å². The number of carbonyl (C=O) groups excluding carboxylic acids is 1. The highest BCUT2D eigenvalue weighted by Gasteiger charge is 2.32. The van der Waals surface area contributed by atoms with Gasteiger partial charge >= 0.3 is 12.3 Å². The highest BCUT2D eigenvalue weighted by atomic mass is 19.4. The summed E-state index contributed by atoms with van der Waals surface area (Å²) < 4.78 is 44.1. The van der Waals surface area contributed by atoms with E-state index in [1.807, 2.05) is 48.5 Å². The SMILES string of the molecule is O=C(NCC(O)C(O)c1ccc(C(F)(F)F)cc1CO)OCC1c2ccccc2-c2ccccc21. The number of carbonyl (C=O) groups is 1. The fourth-order valence-corrected chi connectivity index (χ4v) is 4.36. The monoisotopic (exact) mass is 487 g/mol. The predicted molar refractivity (Wildman–Crippen MR) is 121 cm³/mol. The predicted octanol–water partition coefficient (Wildman–Crippen LogP) is 4.13. The lowest BCUT2D eigenvalue weighted by atomic mass is 9.96. The first-order valence-electron chi connectivity index (χ1n) is 11.0. The zero-order valence-corrected chi connectivity index (χ0v) is 18.5. The molecule has 0 saturated heterocycles. The summed E-state index contributed by atoms with van der Waals surface area (Å²) >= 11 is 0. The number of fused-ring (bicyclic) bond motifs is 3. The number of alkyl halides is 3. The van der Waals surface area contributed by atoms with Crippen LogP contribution < -0.4 is 5.32 Å². The van der Waals surface area contributed by atoms with Gasteiger partial charge in [-0.15, -0.1) is 0 Å². The Morgan fingerprint density at radius 1 is 0.971 bits per heavy atom. The molecule has 35 heavy (non-hydrogen) atoms. The summed E-state index contributed by atoms with van der Waals surface area (Å²) in [6, 6.07) is 18.1. The topological polar surface area (TPSA) is 99.0 Å². The van der Waals surface area contributed by atoms with E-state index in [0.717, 1.165) is 34.4 Å². The van der Waals surface area contributed by atoms with Gasteiger partial charge in [0.15, 0.2) is 0 Å². The zero-order valence-electron chi connectivity index (χ0n) is 18.5. The van der Waals surface area contributed by atoms with Crippen molar-refractivity contribution in [3.63, 3.8) is 0 Å². The van der Waals surface area contributed by atoms with Crippen LogP contribution in [-0.2, 0) is 17.5 Å². The van der Waals surface area contributed by atoms with Crippen LogP contribution in [0.15, 0.2) is 66.7 Å². The first kappa shape index (κ1) is 24.7. The van der Waals surface area contributed by atoms with E-state index in [0.29, 0.717) is 6.07 Å². The quantitative estimate of drug-likeness (QED) is 0.402. The Hall–Kier alpha value is -3.40. The molecule has 0 aromatic heterocycles. The lowest BCUT2D eigenvalue weighted by Gasteiger charge is -2.22. The van der Waals surface area contributed by atoms with E-state index in [1.165, 1.54) is 0 Å². The number of rotatable bonds is 7. The number of nitrogens with one attached hydrogen (secondary N) is 1. The third-order valence-corrected chi connectivity index (χ3v) is 6.12. The summed E-state index contributed by atoms with van der Waals surface area (Å²) in [4.78, 5) is 12.3. The van der Waals surface area contributed by atoms with Gasteiger partial charge in [-0.05, 0) is 45.5 Å². The second kappa shape index (κ2) is 10.1. The summed E-state index contributed by atoms with van der Waals surface area (Å²) in [5.41, 5.74) is 3.00. The van der Waals surface area contributed by atoms with E-state index in [9.17, 15) is 33.3 Å². The Morgan fingerprint density at radius 2 is 1.57 bits per heavy atom. The fourth-order valence-electron chi connectivity index (χ4n) is 4.36. The van der Waals surface area contributed by atoms with Gasteiger partial charge in [-0.25, -0.2) is 4.79 Å². The second-order valence-electron chi connectivity index (χ2n) is 8.29. The van der Waals surface area contributed by atoms with Crippen molar-refractivity contribution >= 4 is 6.09 Å². The third-order valence-electron chi connectivity index (χ3n) is 6.12. The smallest absolute Gasteiger partial charge is 0.416 e. The molecule has 0 saturated carbocycles. The number of amides is 1. The maximum atomic E-state index is 12.9. The van der Waals surface area contributed by atoms with Gasteiger partial charge in [0.05, 0.1) is 12.2 Å². The van der Waals surface area contributed by atoms with Crippen LogP contribution in [-0.4, -0.2) is 40.7 Å². The Morgan fingerprint density at radius 3 is 2.14 bits per heavy atom. The largest absolute Gasteiger partial charge is 0.449 e. The second-order valence-corrected chi connectivity index (χ2v) is 8.29. The number of hydrogen-bond donors (Lipinski definition) is 4. The maximum absolute atomic E-state index is 12.9. The summed E-state index contributed by atoms with van der Waals surface area (Å²) in [6.07, 6.45) is -8.60. The van der Waals surface area contributed by atoms with Gasteiger partial charge in [0.1, 0.15) is 18.8 Å². The lowest BCUT2D eigenvalue weighted by molar-refractivity contribution is -0.137. The maximum Gasteiger partial charge on any atom is 0.416 e. The molecule has 1 aliphatic carbocycles. The molecule has 3 aromatic rings. The molecule has 184 valence electrons. The van der Waals surface area contributed by atoms with Gasteiger partial charge in [0, 0.05) is 12.5 Å². The number of alkyl carbamates (subject to hydrolysis) is 1. The van der Waals surface area contributed by atoms with Crippen molar-refractivity contribution in [3.05, 3.63) is 94.5 Å². The summed E-state index contributed by atoms with van der Waals surface area (Å²) in [7, 11) is 0. The van der Waals surface area contributed by atoms with Gasteiger partial charge in [0.25, 0.3) is 0 Å². The molecule has 4 rings (SSSR count). The van der Waals surface area contributed by atoms with E-state index in [2.05, 4.69) is 5.32 Å². The lowest BCUT2D eigenvalue weighted by Crippen LogP contribution is -2.36. The number of benzene rings is 3. The van der Waals surface area contributed by atoms with Crippen LogP contribution in [0.5, 0.6) is 0 Å². The molecule has 0 spiro atoms. The van der Waals surface area contributed by atoms with Crippen LogP contribution in [0.1, 0.15) is 39.8 Å². The molecule has 0 aliphatic heterocycles. The van der Waals surface area contributed by atoms with Crippen LogP contribution in [0.4, 0.5) is 18.0 Å². The van der Waals surface area contributed by atoms with Crippen LogP contribution in [0, 0.1) is 0 Å². The van der Waals surface area contributed by atoms with Crippen molar-refractivity contribution < 1.29 is 38.0 Å². The van der Waals surface area contributed by atoms with Gasteiger partial charge in [0.2, 0.25) is 0 Å². The number of aliphatic hydroxyl groups is 3. The van der Waals surface area contributed by atoms with Crippen molar-refractivity contribution in [3.8, 4) is 11.1 Å². The number of hydrogen-bond acceptors (Lipinski definition) is 5. The van der Waals surface area contributed by atoms with Crippen LogP contribution in [0.25, 0.3) is 11.1 Å². The van der Waals surface area contributed by atoms with E-state index >= 15 is 0 Å². The van der Waals surface area contributed by atoms with E-state index in [1.54, 1.807) is 0 Å². The molecule has 3 aromatic carbocycles. The standard InChI is InChI=1S/C26H24F3NO5/c27-26(28,29)16-9-10-17(15(11-16)13-31)24(33)23(32)12-30-25(34)35-14-22-20-7-3-1-5-18(20)19-6-2-4-8-21(19)22/h1-11,22-24,31-33H,12-14H2,(H,30,34). The normalized spacial score (nSPS) is 14.7. The van der Waals surface area contributed by atoms with E-state index < -0.39 is 43.2 Å². The molecule has 6 nitrogen and oxygen atoms in total. The summed E-state index contributed by atoms with van der Waals surface area (Å²) in [5.74, 6) is -0.150. The number of halogens is 3. The number of ether oxygens (including phenoxy) is 1. The first-order chi connectivity index (χ1) is 16.7. The van der Waals surface area contributed by atoms with Crippen molar-refractivity contribution in [2.24, 2.45) is 0 Å². The molecule has 0 radical (unpaired) electrons. The molecule has 0 bridgehead atoms. The van der Waals surface area contributed by atoms with Crippen molar-refractivity contribution in [2.45, 2.75) is 30.9 Å². The minimum Gasteiger partial charge on any atom is -0.449 e. The molecule has 1 amide bonds. The van der Waals surface area contributed by atoms with Crippen LogP contribution in [0.3, 0.4) is 0 Å². The molecule has 0 fully saturated rings. The average Bonchev–Trinajstić information content (AvgIpc) is 3.18. The third kappa shape index (κ3) is 5.17. The summed E-state index contributed by atoms with van der Waals surface area (Å²) in [5, 5.41) is 32.5. The van der Waals surface area contributed by atoms with Crippen LogP contribution in [0.2, 0.25) is 0 Å². The van der Waals surface area contributed by atoms with Gasteiger partial charge in [-0.2, -0.15) is 13.2 Å². The van der Waals surface area contributed by atoms with Gasteiger partial charge in [-0.1, -0.05) is 54.6 Å². The Balaban J connectivity index is 1.36. The summed E-state index contributed by atoms with van der Waals surface area (Å²) in [6.45, 7) is -1.11. The first-order valence-corrected chi connectivity index (χ1v) is 11.0. The van der Waals surface area contributed by atoms with Crippen molar-refractivity contribution in [1.82, 2.24) is 5.32 Å². The molecular formula is C26H24F3NO5. The van der Waals surface area contributed by atoms with Gasteiger partial charge in [-0.3, -0.25) is 0 Å². The molecular weight excluding hydrogens is 463 g/mol. The molecule has 2 atom stereocenters. The van der Waals surface area contributed by atoms with E-state index in [4.69, 9.17) is 4.74 Å². The van der Waals surface area contributed by atoms with E-state index in [-0.39, 0.29) is 23.7 Å². The molecule has 1 aliphatic rings. The minimum atomic E-state index is -4.61. The molecule has 4 N–H and O–H groups in total. The Bertz CT molecular complexity index is 1170. The zero-order chi connectivity index (χ0) is 25.2. The molecule has 9 heteroatoms. The van der Waals surface area contributed by atoms with Crippen LogP contribution >= 0.6 is 0 Å². The number of aliphatic hydroxyl groups excluding tert-OH is 3. The molecule has 2 unspecified atom stereocenters. The fraction of sp³-hybridized carbons (Fsp3) is 0.269. The van der Waals surface area contributed by atoms with Gasteiger partial charge < -0.3 is 25.4 Å². The Kier molecular flexibility index (Phi) is 7.11. The highest BCUT2D eigenvalue weighted by molar-refractivity contribution is 5.79. The highest BCUT2D eigenvalue weighted by Crippen LogP contribution is 2.44. The average molecular weight is 487 g/mol. The Labute approximate surface area is 199 Å².